The molecule has 0 aliphatic heterocycles. The van der Waals surface area contributed by atoms with Crippen molar-refractivity contribution in [3.8, 4) is 5.75 Å². The molecule has 0 unspecified atom stereocenters. The Balaban J connectivity index is 1.88. The summed E-state index contributed by atoms with van der Waals surface area (Å²) < 4.78 is 6.00. The van der Waals surface area contributed by atoms with E-state index in [-0.39, 0.29) is 24.3 Å². The highest BCUT2D eigenvalue weighted by Crippen LogP contribution is 2.26. The summed E-state index contributed by atoms with van der Waals surface area (Å²) in [5.41, 5.74) is 3.01. The van der Waals surface area contributed by atoms with Gasteiger partial charge in [0.25, 0.3) is 5.91 Å². The van der Waals surface area contributed by atoms with Crippen molar-refractivity contribution in [2.45, 2.75) is 45.7 Å². The Bertz CT molecular complexity index is 1050. The lowest BCUT2D eigenvalue weighted by Gasteiger charge is -2.31. The molecule has 5 nitrogen and oxygen atoms in total. The molecule has 2 amide bonds. The average molecular weight is 459 g/mol. The molecule has 1 atom stereocenters. The molecule has 0 bridgehead atoms. The first-order chi connectivity index (χ1) is 16.5. The quantitative estimate of drug-likeness (QED) is 0.442. The minimum Gasteiger partial charge on any atom is -0.483 e. The highest BCUT2D eigenvalue weighted by atomic mass is 16.5. The van der Waals surface area contributed by atoms with E-state index < -0.39 is 6.04 Å². The first-order valence-corrected chi connectivity index (χ1v) is 11.9. The molecule has 178 valence electrons. The van der Waals surface area contributed by atoms with Gasteiger partial charge in [-0.05, 0) is 35.6 Å². The third-order valence-corrected chi connectivity index (χ3v) is 5.71. The predicted molar refractivity (Wildman–Crippen MR) is 136 cm³/mol. The number of nitrogens with zero attached hydrogens (tertiary/aromatic N) is 1. The van der Waals surface area contributed by atoms with Gasteiger partial charge in [-0.2, -0.15) is 0 Å². The van der Waals surface area contributed by atoms with Crippen LogP contribution < -0.4 is 10.1 Å². The summed E-state index contributed by atoms with van der Waals surface area (Å²) >= 11 is 0. The molecule has 1 N–H and O–H groups in total. The van der Waals surface area contributed by atoms with Crippen LogP contribution in [0.2, 0.25) is 0 Å². The van der Waals surface area contributed by atoms with Crippen LogP contribution in [0, 0.1) is 0 Å². The van der Waals surface area contributed by atoms with Gasteiger partial charge in [0, 0.05) is 19.5 Å². The van der Waals surface area contributed by atoms with Crippen LogP contribution >= 0.6 is 0 Å². The molecule has 0 aliphatic carbocycles. The summed E-state index contributed by atoms with van der Waals surface area (Å²) in [4.78, 5) is 28.4. The molecule has 34 heavy (non-hydrogen) atoms. The molecule has 0 aromatic heterocycles. The maximum atomic E-state index is 13.6. The van der Waals surface area contributed by atoms with Crippen molar-refractivity contribution in [3.05, 3.63) is 102 Å². The van der Waals surface area contributed by atoms with Gasteiger partial charge in [0.2, 0.25) is 5.91 Å². The lowest BCUT2D eigenvalue weighted by Crippen LogP contribution is -2.51. The van der Waals surface area contributed by atoms with Gasteiger partial charge in [0.1, 0.15) is 11.8 Å². The number of benzene rings is 3. The van der Waals surface area contributed by atoms with Gasteiger partial charge in [0.05, 0.1) is 0 Å². The molecule has 0 fully saturated rings. The largest absolute Gasteiger partial charge is 0.483 e. The summed E-state index contributed by atoms with van der Waals surface area (Å²) in [6.45, 7) is 6.75. The number of rotatable bonds is 11. The van der Waals surface area contributed by atoms with E-state index in [2.05, 4.69) is 19.2 Å². The second kappa shape index (κ2) is 12.6. The molecule has 0 heterocycles. The first kappa shape index (κ1) is 25.0. The average Bonchev–Trinajstić information content (AvgIpc) is 2.86. The molecule has 0 saturated heterocycles. The number of carbonyl (C=O) groups excluding carboxylic acids is 2. The number of para-hydroxylation sites is 1. The van der Waals surface area contributed by atoms with E-state index >= 15 is 0 Å². The van der Waals surface area contributed by atoms with Crippen LogP contribution in [-0.4, -0.2) is 35.9 Å². The van der Waals surface area contributed by atoms with Crippen molar-refractivity contribution in [2.24, 2.45) is 0 Å². The third kappa shape index (κ3) is 6.95. The summed E-state index contributed by atoms with van der Waals surface area (Å²) in [5.74, 6) is 0.573. The Labute approximate surface area is 202 Å². The smallest absolute Gasteiger partial charge is 0.261 e. The standard InChI is InChI=1S/C29H34N2O3/c1-4-30-29(33)26(19-23-13-7-5-8-14-23)31(20-24-15-9-6-10-16-24)28(32)21-34-27-18-12-11-17-25(27)22(2)3/h5-18,22,26H,4,19-21H2,1-3H3,(H,30,33)/t26-/m1/s1. The Morgan fingerprint density at radius 3 is 2.06 bits per heavy atom. The Kier molecular flexibility index (Phi) is 9.27. The van der Waals surface area contributed by atoms with Gasteiger partial charge in [-0.3, -0.25) is 9.59 Å². The minimum atomic E-state index is -0.654. The molecule has 3 aromatic carbocycles. The van der Waals surface area contributed by atoms with E-state index in [4.69, 9.17) is 4.74 Å². The SMILES string of the molecule is CCNC(=O)[C@@H](Cc1ccccc1)N(Cc1ccccc1)C(=O)COc1ccccc1C(C)C. The van der Waals surface area contributed by atoms with Crippen molar-refractivity contribution in [3.63, 3.8) is 0 Å². The monoisotopic (exact) mass is 458 g/mol. The number of amides is 2. The van der Waals surface area contributed by atoms with E-state index in [1.807, 2.05) is 91.9 Å². The third-order valence-electron chi connectivity index (χ3n) is 5.71. The number of hydrogen-bond acceptors (Lipinski definition) is 3. The van der Waals surface area contributed by atoms with Crippen molar-refractivity contribution < 1.29 is 14.3 Å². The Morgan fingerprint density at radius 2 is 1.44 bits per heavy atom. The predicted octanol–water partition coefficient (Wildman–Crippen LogP) is 4.97. The van der Waals surface area contributed by atoms with Gasteiger partial charge in [0.15, 0.2) is 6.61 Å². The van der Waals surface area contributed by atoms with Crippen molar-refractivity contribution in [1.29, 1.82) is 0 Å². The van der Waals surface area contributed by atoms with E-state index in [0.717, 1.165) is 16.7 Å². The summed E-state index contributed by atoms with van der Waals surface area (Å²) in [6.07, 6.45) is 0.424. The Hall–Kier alpha value is -3.60. The first-order valence-electron chi connectivity index (χ1n) is 11.9. The second-order valence-electron chi connectivity index (χ2n) is 8.59. The van der Waals surface area contributed by atoms with Crippen LogP contribution in [0.4, 0.5) is 0 Å². The number of ether oxygens (including phenoxy) is 1. The highest BCUT2D eigenvalue weighted by molar-refractivity contribution is 5.88. The summed E-state index contributed by atoms with van der Waals surface area (Å²) in [6, 6.07) is 26.6. The Morgan fingerprint density at radius 1 is 0.853 bits per heavy atom. The fourth-order valence-corrected chi connectivity index (χ4v) is 3.94. The second-order valence-corrected chi connectivity index (χ2v) is 8.59. The molecule has 0 radical (unpaired) electrons. The van der Waals surface area contributed by atoms with Gasteiger partial charge in [-0.25, -0.2) is 0 Å². The van der Waals surface area contributed by atoms with Crippen molar-refractivity contribution in [2.75, 3.05) is 13.2 Å². The topological polar surface area (TPSA) is 58.6 Å². The zero-order valence-corrected chi connectivity index (χ0v) is 20.2. The van der Waals surface area contributed by atoms with Gasteiger partial charge in [-0.15, -0.1) is 0 Å². The molecule has 0 saturated carbocycles. The lowest BCUT2D eigenvalue weighted by molar-refractivity contribution is -0.142. The van der Waals surface area contributed by atoms with Crippen LogP contribution in [-0.2, 0) is 22.6 Å². The zero-order chi connectivity index (χ0) is 24.3. The molecule has 3 rings (SSSR count). The molecule has 5 heteroatoms. The normalized spacial score (nSPS) is 11.6. The van der Waals surface area contributed by atoms with Crippen molar-refractivity contribution in [1.82, 2.24) is 10.2 Å². The van der Waals surface area contributed by atoms with Crippen LogP contribution in [0.25, 0.3) is 0 Å². The summed E-state index contributed by atoms with van der Waals surface area (Å²) in [7, 11) is 0. The van der Waals surface area contributed by atoms with Crippen LogP contribution in [0.1, 0.15) is 43.4 Å². The highest BCUT2D eigenvalue weighted by Gasteiger charge is 2.30. The van der Waals surface area contributed by atoms with Crippen molar-refractivity contribution >= 4 is 11.8 Å². The molecular weight excluding hydrogens is 424 g/mol. The zero-order valence-electron chi connectivity index (χ0n) is 20.2. The van der Waals surface area contributed by atoms with Crippen LogP contribution in [0.3, 0.4) is 0 Å². The molecule has 0 aliphatic rings. The minimum absolute atomic E-state index is 0.138. The van der Waals surface area contributed by atoms with E-state index in [1.54, 1.807) is 4.90 Å². The van der Waals surface area contributed by atoms with Crippen LogP contribution in [0.15, 0.2) is 84.9 Å². The van der Waals surface area contributed by atoms with Gasteiger partial charge < -0.3 is 15.0 Å². The molecule has 0 spiro atoms. The van der Waals surface area contributed by atoms with E-state index in [1.165, 1.54) is 0 Å². The fourth-order valence-electron chi connectivity index (χ4n) is 3.94. The summed E-state index contributed by atoms with van der Waals surface area (Å²) in [5, 5.41) is 2.91. The van der Waals surface area contributed by atoms with Crippen LogP contribution in [0.5, 0.6) is 5.75 Å². The lowest BCUT2D eigenvalue weighted by atomic mass is 10.0. The van der Waals surface area contributed by atoms with Gasteiger partial charge in [-0.1, -0.05) is 92.7 Å². The fraction of sp³-hybridized carbons (Fsp3) is 0.310. The number of hydrogen-bond donors (Lipinski definition) is 1. The number of nitrogens with one attached hydrogen (secondary N) is 1. The van der Waals surface area contributed by atoms with Gasteiger partial charge >= 0.3 is 0 Å². The van der Waals surface area contributed by atoms with E-state index in [9.17, 15) is 9.59 Å². The number of likely N-dealkylation sites (N-methyl/N-ethyl adjacent to an activating group) is 1. The van der Waals surface area contributed by atoms with E-state index in [0.29, 0.717) is 25.3 Å². The number of carbonyl (C=O) groups is 2. The maximum Gasteiger partial charge on any atom is 0.261 e. The molecular formula is C29H34N2O3. The maximum absolute atomic E-state index is 13.6. The molecule has 3 aromatic rings.